The lowest BCUT2D eigenvalue weighted by Crippen LogP contribution is -2.46. The smallest absolute Gasteiger partial charge is 0.225 e. The predicted octanol–water partition coefficient (Wildman–Crippen LogP) is 3.20. The number of anilines is 1. The quantitative estimate of drug-likeness (QED) is 0.902. The SMILES string of the molecule is Cc1cc(NC(=O)CCN2C[C@H](C)O[C@@H](C)C2)ccc1Br. The number of rotatable bonds is 4. The molecule has 0 aliphatic carbocycles. The van der Waals surface area contributed by atoms with Gasteiger partial charge < -0.3 is 10.1 Å². The van der Waals surface area contributed by atoms with Crippen molar-refractivity contribution in [1.29, 1.82) is 0 Å². The zero-order valence-corrected chi connectivity index (χ0v) is 14.4. The third-order valence-corrected chi connectivity index (χ3v) is 4.48. The van der Waals surface area contributed by atoms with Crippen molar-refractivity contribution in [3.8, 4) is 0 Å². The minimum absolute atomic E-state index is 0.0588. The molecule has 0 radical (unpaired) electrons. The molecule has 1 heterocycles. The Morgan fingerprint density at radius 1 is 1.38 bits per heavy atom. The number of morpholine rings is 1. The Hall–Kier alpha value is -0.910. The second-order valence-electron chi connectivity index (χ2n) is 5.78. The largest absolute Gasteiger partial charge is 0.373 e. The fourth-order valence-corrected chi connectivity index (χ4v) is 2.92. The molecule has 0 saturated carbocycles. The lowest BCUT2D eigenvalue weighted by Gasteiger charge is -2.35. The summed E-state index contributed by atoms with van der Waals surface area (Å²) in [7, 11) is 0. The lowest BCUT2D eigenvalue weighted by atomic mass is 10.2. The van der Waals surface area contributed by atoms with Crippen LogP contribution in [-0.4, -0.2) is 42.6 Å². The molecular weight excluding hydrogens is 332 g/mol. The summed E-state index contributed by atoms with van der Waals surface area (Å²) in [4.78, 5) is 14.3. The first-order valence-corrected chi connectivity index (χ1v) is 8.17. The first-order chi connectivity index (χ1) is 9.94. The fraction of sp³-hybridized carbons (Fsp3) is 0.562. The molecule has 0 aromatic heterocycles. The van der Waals surface area contributed by atoms with Crippen molar-refractivity contribution < 1.29 is 9.53 Å². The highest BCUT2D eigenvalue weighted by Gasteiger charge is 2.22. The van der Waals surface area contributed by atoms with Gasteiger partial charge in [-0.15, -0.1) is 0 Å². The van der Waals surface area contributed by atoms with E-state index in [1.807, 2.05) is 25.1 Å². The Morgan fingerprint density at radius 2 is 2.05 bits per heavy atom. The van der Waals surface area contributed by atoms with Crippen LogP contribution in [0.3, 0.4) is 0 Å². The van der Waals surface area contributed by atoms with Gasteiger partial charge in [0.2, 0.25) is 5.91 Å². The normalized spacial score (nSPS) is 23.0. The van der Waals surface area contributed by atoms with Gasteiger partial charge in [0.25, 0.3) is 0 Å². The molecule has 2 rings (SSSR count). The second kappa shape index (κ2) is 7.38. The summed E-state index contributed by atoms with van der Waals surface area (Å²) in [6.07, 6.45) is 0.992. The monoisotopic (exact) mass is 354 g/mol. The maximum atomic E-state index is 12.0. The summed E-state index contributed by atoms with van der Waals surface area (Å²) >= 11 is 3.46. The van der Waals surface area contributed by atoms with Gasteiger partial charge in [0.1, 0.15) is 0 Å². The van der Waals surface area contributed by atoms with E-state index in [1.165, 1.54) is 0 Å². The van der Waals surface area contributed by atoms with Crippen molar-refractivity contribution in [3.63, 3.8) is 0 Å². The minimum atomic E-state index is 0.0588. The number of amides is 1. The van der Waals surface area contributed by atoms with E-state index in [2.05, 4.69) is 40.0 Å². The molecule has 1 aliphatic rings. The van der Waals surface area contributed by atoms with Crippen LogP contribution in [0.2, 0.25) is 0 Å². The van der Waals surface area contributed by atoms with Crippen molar-refractivity contribution in [2.24, 2.45) is 0 Å². The maximum Gasteiger partial charge on any atom is 0.225 e. The van der Waals surface area contributed by atoms with Crippen molar-refractivity contribution in [3.05, 3.63) is 28.2 Å². The van der Waals surface area contributed by atoms with Gasteiger partial charge >= 0.3 is 0 Å². The molecular formula is C16H23BrN2O2. The third-order valence-electron chi connectivity index (χ3n) is 3.59. The van der Waals surface area contributed by atoms with Crippen LogP contribution in [0, 0.1) is 6.92 Å². The summed E-state index contributed by atoms with van der Waals surface area (Å²) in [6.45, 7) is 8.74. The number of hydrogen-bond acceptors (Lipinski definition) is 3. The molecule has 1 aromatic rings. The van der Waals surface area contributed by atoms with Crippen LogP contribution in [0.5, 0.6) is 0 Å². The van der Waals surface area contributed by atoms with Gasteiger partial charge in [0.05, 0.1) is 12.2 Å². The van der Waals surface area contributed by atoms with Gasteiger partial charge in [-0.05, 0) is 44.5 Å². The van der Waals surface area contributed by atoms with Crippen LogP contribution in [0.15, 0.2) is 22.7 Å². The minimum Gasteiger partial charge on any atom is -0.373 e. The summed E-state index contributed by atoms with van der Waals surface area (Å²) in [5.74, 6) is 0.0588. The number of carbonyl (C=O) groups excluding carboxylic acids is 1. The summed E-state index contributed by atoms with van der Waals surface area (Å²) < 4.78 is 6.75. The first kappa shape index (κ1) is 16.5. The molecule has 1 amide bonds. The average molecular weight is 355 g/mol. The Morgan fingerprint density at radius 3 is 2.67 bits per heavy atom. The number of hydrogen-bond donors (Lipinski definition) is 1. The Labute approximate surface area is 135 Å². The van der Waals surface area contributed by atoms with Crippen LogP contribution in [0.4, 0.5) is 5.69 Å². The molecule has 5 heteroatoms. The molecule has 0 unspecified atom stereocenters. The predicted molar refractivity (Wildman–Crippen MR) is 88.6 cm³/mol. The molecule has 1 aliphatic heterocycles. The Kier molecular flexibility index (Phi) is 5.79. The zero-order valence-electron chi connectivity index (χ0n) is 12.9. The van der Waals surface area contributed by atoms with E-state index >= 15 is 0 Å². The standard InChI is InChI=1S/C16H23BrN2O2/c1-11-8-14(4-5-15(11)17)18-16(20)6-7-19-9-12(2)21-13(3)10-19/h4-5,8,12-13H,6-7,9-10H2,1-3H3,(H,18,20)/t12-,13-/m0/s1. The first-order valence-electron chi connectivity index (χ1n) is 7.38. The molecule has 1 N–H and O–H groups in total. The van der Waals surface area contributed by atoms with Gasteiger partial charge in [-0.2, -0.15) is 0 Å². The topological polar surface area (TPSA) is 41.6 Å². The van der Waals surface area contributed by atoms with Crippen LogP contribution in [0.25, 0.3) is 0 Å². The van der Waals surface area contributed by atoms with E-state index in [1.54, 1.807) is 0 Å². The summed E-state index contributed by atoms with van der Waals surface area (Å²) in [5, 5.41) is 2.95. The Balaban J connectivity index is 1.80. The van der Waals surface area contributed by atoms with Crippen molar-refractivity contribution in [2.45, 2.75) is 39.4 Å². The van der Waals surface area contributed by atoms with E-state index in [4.69, 9.17) is 4.74 Å². The molecule has 21 heavy (non-hydrogen) atoms. The molecule has 0 bridgehead atoms. The van der Waals surface area contributed by atoms with Crippen molar-refractivity contribution in [2.75, 3.05) is 25.0 Å². The van der Waals surface area contributed by atoms with Gasteiger partial charge in [0.15, 0.2) is 0 Å². The Bertz CT molecular complexity index is 497. The number of nitrogens with one attached hydrogen (secondary N) is 1. The highest BCUT2D eigenvalue weighted by atomic mass is 79.9. The number of halogens is 1. The van der Waals surface area contributed by atoms with Crippen LogP contribution in [-0.2, 0) is 9.53 Å². The van der Waals surface area contributed by atoms with E-state index in [9.17, 15) is 4.79 Å². The van der Waals surface area contributed by atoms with Crippen LogP contribution >= 0.6 is 15.9 Å². The highest BCUT2D eigenvalue weighted by molar-refractivity contribution is 9.10. The maximum absolute atomic E-state index is 12.0. The van der Waals surface area contributed by atoms with E-state index in [0.717, 1.165) is 35.4 Å². The number of benzene rings is 1. The van der Waals surface area contributed by atoms with Crippen molar-refractivity contribution in [1.82, 2.24) is 4.90 Å². The molecule has 116 valence electrons. The summed E-state index contributed by atoms with van der Waals surface area (Å²) in [6, 6.07) is 5.84. The molecule has 4 nitrogen and oxygen atoms in total. The van der Waals surface area contributed by atoms with E-state index < -0.39 is 0 Å². The van der Waals surface area contributed by atoms with Crippen LogP contribution in [0.1, 0.15) is 25.8 Å². The molecule has 2 atom stereocenters. The lowest BCUT2D eigenvalue weighted by molar-refractivity contribution is -0.117. The van der Waals surface area contributed by atoms with E-state index in [-0.39, 0.29) is 18.1 Å². The second-order valence-corrected chi connectivity index (χ2v) is 6.63. The third kappa shape index (κ3) is 5.09. The molecule has 0 spiro atoms. The van der Waals surface area contributed by atoms with Gasteiger partial charge in [0, 0.05) is 36.2 Å². The number of nitrogens with zero attached hydrogens (tertiary/aromatic N) is 1. The summed E-state index contributed by atoms with van der Waals surface area (Å²) in [5.41, 5.74) is 1.97. The zero-order chi connectivity index (χ0) is 15.4. The van der Waals surface area contributed by atoms with Gasteiger partial charge in [-0.1, -0.05) is 15.9 Å². The molecule has 1 fully saturated rings. The number of ether oxygens (including phenoxy) is 1. The number of aryl methyl sites for hydroxylation is 1. The molecule has 1 aromatic carbocycles. The van der Waals surface area contributed by atoms with Crippen molar-refractivity contribution >= 4 is 27.5 Å². The van der Waals surface area contributed by atoms with E-state index in [0.29, 0.717) is 6.42 Å². The van der Waals surface area contributed by atoms with Crippen LogP contribution < -0.4 is 5.32 Å². The highest BCUT2D eigenvalue weighted by Crippen LogP contribution is 2.20. The van der Waals surface area contributed by atoms with Gasteiger partial charge in [-0.3, -0.25) is 9.69 Å². The molecule has 1 saturated heterocycles. The fourth-order valence-electron chi connectivity index (χ4n) is 2.67. The van der Waals surface area contributed by atoms with Gasteiger partial charge in [-0.25, -0.2) is 0 Å². The number of carbonyl (C=O) groups is 1. The average Bonchev–Trinajstić information content (AvgIpc) is 2.40.